The lowest BCUT2D eigenvalue weighted by atomic mass is 10.0. The molecule has 0 unspecified atom stereocenters. The van der Waals surface area contributed by atoms with Gasteiger partial charge in [0.15, 0.2) is 0 Å². The standard InChI is InChI=1S/C20H15N5OS/c21-20(26)15-7-6-14(24-19-8-9-22-12-23-19)10-16(15)18-11-17(25-27-18)13-4-2-1-3-5-13/h1-12H,(H2,21,26)(H,22,23,24). The number of primary amides is 1. The lowest BCUT2D eigenvalue weighted by molar-refractivity contribution is 0.100. The zero-order valence-corrected chi connectivity index (χ0v) is 15.0. The minimum atomic E-state index is -0.478. The molecule has 2 aromatic heterocycles. The highest BCUT2D eigenvalue weighted by Crippen LogP contribution is 2.34. The molecule has 0 aliphatic carbocycles. The zero-order chi connectivity index (χ0) is 18.6. The number of nitrogens with one attached hydrogen (secondary N) is 1. The third kappa shape index (κ3) is 3.68. The van der Waals surface area contributed by atoms with Crippen LogP contribution in [-0.4, -0.2) is 20.2 Å². The molecule has 0 fully saturated rings. The summed E-state index contributed by atoms with van der Waals surface area (Å²) in [6.07, 6.45) is 3.12. The lowest BCUT2D eigenvalue weighted by Gasteiger charge is -2.09. The molecule has 4 aromatic rings. The van der Waals surface area contributed by atoms with Gasteiger partial charge in [-0.1, -0.05) is 30.3 Å². The Morgan fingerprint density at radius 3 is 2.63 bits per heavy atom. The number of carbonyl (C=O) groups excluding carboxylic acids is 1. The van der Waals surface area contributed by atoms with Crippen LogP contribution >= 0.6 is 11.5 Å². The fourth-order valence-electron chi connectivity index (χ4n) is 2.70. The van der Waals surface area contributed by atoms with Crippen LogP contribution in [0.5, 0.6) is 0 Å². The third-order valence-electron chi connectivity index (χ3n) is 3.98. The summed E-state index contributed by atoms with van der Waals surface area (Å²) in [6, 6.07) is 19.0. The first-order valence-corrected chi connectivity index (χ1v) is 8.97. The fourth-order valence-corrected chi connectivity index (χ4v) is 3.49. The van der Waals surface area contributed by atoms with Crippen LogP contribution in [0.3, 0.4) is 0 Å². The topological polar surface area (TPSA) is 93.8 Å². The van der Waals surface area contributed by atoms with Gasteiger partial charge in [0.05, 0.1) is 10.6 Å². The summed E-state index contributed by atoms with van der Waals surface area (Å²) in [4.78, 5) is 20.8. The van der Waals surface area contributed by atoms with Crippen LogP contribution in [0.25, 0.3) is 21.7 Å². The van der Waals surface area contributed by atoms with E-state index in [0.717, 1.165) is 27.4 Å². The minimum Gasteiger partial charge on any atom is -0.366 e. The Hall–Kier alpha value is -3.58. The summed E-state index contributed by atoms with van der Waals surface area (Å²) < 4.78 is 4.53. The van der Waals surface area contributed by atoms with Crippen LogP contribution in [0, 0.1) is 0 Å². The van der Waals surface area contributed by atoms with Crippen LogP contribution in [0.4, 0.5) is 11.5 Å². The number of rotatable bonds is 5. The number of hydrogen-bond acceptors (Lipinski definition) is 6. The molecule has 0 bridgehead atoms. The van der Waals surface area contributed by atoms with Crippen molar-refractivity contribution < 1.29 is 4.79 Å². The van der Waals surface area contributed by atoms with Crippen LogP contribution < -0.4 is 11.1 Å². The van der Waals surface area contributed by atoms with Crippen LogP contribution in [0.15, 0.2) is 73.2 Å². The van der Waals surface area contributed by atoms with Crippen molar-refractivity contribution in [2.75, 3.05) is 5.32 Å². The predicted octanol–water partition coefficient (Wildman–Crippen LogP) is 4.11. The van der Waals surface area contributed by atoms with Gasteiger partial charge in [0.25, 0.3) is 0 Å². The zero-order valence-electron chi connectivity index (χ0n) is 14.2. The summed E-state index contributed by atoms with van der Waals surface area (Å²) in [5.41, 5.74) is 9.44. The number of nitrogens with zero attached hydrogens (tertiary/aromatic N) is 3. The largest absolute Gasteiger partial charge is 0.366 e. The smallest absolute Gasteiger partial charge is 0.249 e. The first-order valence-electron chi connectivity index (χ1n) is 8.20. The van der Waals surface area contributed by atoms with E-state index in [9.17, 15) is 4.79 Å². The Morgan fingerprint density at radius 2 is 1.89 bits per heavy atom. The molecule has 0 atom stereocenters. The quantitative estimate of drug-likeness (QED) is 0.549. The van der Waals surface area contributed by atoms with Gasteiger partial charge < -0.3 is 11.1 Å². The van der Waals surface area contributed by atoms with Crippen molar-refractivity contribution in [2.24, 2.45) is 5.73 Å². The molecule has 2 aromatic carbocycles. The molecule has 0 saturated carbocycles. The normalized spacial score (nSPS) is 10.5. The van der Waals surface area contributed by atoms with E-state index >= 15 is 0 Å². The Bertz CT molecular complexity index is 1080. The maximum atomic E-state index is 11.9. The number of anilines is 2. The van der Waals surface area contributed by atoms with Crippen molar-refractivity contribution in [3.05, 3.63) is 78.8 Å². The van der Waals surface area contributed by atoms with Crippen molar-refractivity contribution >= 4 is 28.9 Å². The molecule has 132 valence electrons. The molecule has 6 nitrogen and oxygen atoms in total. The molecule has 27 heavy (non-hydrogen) atoms. The molecule has 2 heterocycles. The van der Waals surface area contributed by atoms with Gasteiger partial charge in [-0.25, -0.2) is 9.97 Å². The predicted molar refractivity (Wildman–Crippen MR) is 107 cm³/mol. The molecule has 4 rings (SSSR count). The molecular formula is C20H15N5OS. The molecule has 0 saturated heterocycles. The highest BCUT2D eigenvalue weighted by atomic mass is 32.1. The second kappa shape index (κ2) is 7.35. The van der Waals surface area contributed by atoms with Crippen molar-refractivity contribution in [3.63, 3.8) is 0 Å². The second-order valence-corrected chi connectivity index (χ2v) is 6.59. The third-order valence-corrected chi connectivity index (χ3v) is 4.81. The Balaban J connectivity index is 1.73. The van der Waals surface area contributed by atoms with Gasteiger partial charge in [0.1, 0.15) is 12.1 Å². The van der Waals surface area contributed by atoms with E-state index < -0.39 is 5.91 Å². The number of carbonyl (C=O) groups is 1. The van der Waals surface area contributed by atoms with E-state index in [0.29, 0.717) is 11.4 Å². The van der Waals surface area contributed by atoms with Crippen molar-refractivity contribution in [3.8, 4) is 21.7 Å². The first-order chi connectivity index (χ1) is 13.2. The number of benzene rings is 2. The van der Waals surface area contributed by atoms with Gasteiger partial charge in [0.2, 0.25) is 5.91 Å². The van der Waals surface area contributed by atoms with Gasteiger partial charge in [-0.2, -0.15) is 4.37 Å². The number of amides is 1. The summed E-state index contributed by atoms with van der Waals surface area (Å²) in [6.45, 7) is 0. The lowest BCUT2D eigenvalue weighted by Crippen LogP contribution is -2.12. The van der Waals surface area contributed by atoms with Crippen LogP contribution in [-0.2, 0) is 0 Å². The number of hydrogen-bond donors (Lipinski definition) is 2. The summed E-state index contributed by atoms with van der Waals surface area (Å²) in [5, 5.41) is 3.20. The van der Waals surface area contributed by atoms with Gasteiger partial charge in [-0.3, -0.25) is 4.79 Å². The van der Waals surface area contributed by atoms with Gasteiger partial charge in [-0.15, -0.1) is 0 Å². The molecule has 0 aliphatic rings. The number of nitrogens with two attached hydrogens (primary N) is 1. The molecular weight excluding hydrogens is 358 g/mol. The van der Waals surface area contributed by atoms with E-state index in [1.807, 2.05) is 42.5 Å². The van der Waals surface area contributed by atoms with Gasteiger partial charge in [-0.05, 0) is 41.9 Å². The summed E-state index contributed by atoms with van der Waals surface area (Å²) >= 11 is 1.33. The summed E-state index contributed by atoms with van der Waals surface area (Å²) in [7, 11) is 0. The van der Waals surface area contributed by atoms with Gasteiger partial charge >= 0.3 is 0 Å². The average Bonchev–Trinajstić information content (AvgIpc) is 3.19. The van der Waals surface area contributed by atoms with Crippen molar-refractivity contribution in [2.45, 2.75) is 0 Å². The average molecular weight is 373 g/mol. The SMILES string of the molecule is NC(=O)c1ccc(Nc2ccncn2)cc1-c1cc(-c2ccccc2)ns1. The first kappa shape index (κ1) is 16.9. The molecule has 7 heteroatoms. The Labute approximate surface area is 159 Å². The minimum absolute atomic E-state index is 0.450. The van der Waals surface area contributed by atoms with E-state index in [2.05, 4.69) is 19.7 Å². The van der Waals surface area contributed by atoms with Crippen LogP contribution in [0.2, 0.25) is 0 Å². The van der Waals surface area contributed by atoms with Gasteiger partial charge in [0, 0.05) is 28.6 Å². The fraction of sp³-hybridized carbons (Fsp3) is 0. The maximum absolute atomic E-state index is 11.9. The highest BCUT2D eigenvalue weighted by molar-refractivity contribution is 7.09. The Kier molecular flexibility index (Phi) is 4.59. The molecule has 1 amide bonds. The second-order valence-electron chi connectivity index (χ2n) is 5.79. The summed E-state index contributed by atoms with van der Waals surface area (Å²) in [5.74, 6) is 0.185. The molecule has 3 N–H and O–H groups in total. The monoisotopic (exact) mass is 373 g/mol. The maximum Gasteiger partial charge on any atom is 0.249 e. The van der Waals surface area contributed by atoms with Crippen LogP contribution in [0.1, 0.15) is 10.4 Å². The van der Waals surface area contributed by atoms with Crippen molar-refractivity contribution in [1.29, 1.82) is 0 Å². The Morgan fingerprint density at radius 1 is 1.04 bits per heavy atom. The molecule has 0 aliphatic heterocycles. The van der Waals surface area contributed by atoms with Crippen molar-refractivity contribution in [1.82, 2.24) is 14.3 Å². The van der Waals surface area contributed by atoms with E-state index in [1.165, 1.54) is 17.9 Å². The molecule has 0 radical (unpaired) electrons. The number of aromatic nitrogens is 3. The van der Waals surface area contributed by atoms with E-state index in [4.69, 9.17) is 5.73 Å². The molecule has 0 spiro atoms. The highest BCUT2D eigenvalue weighted by Gasteiger charge is 2.15. The van der Waals surface area contributed by atoms with E-state index in [1.54, 1.807) is 24.4 Å². The van der Waals surface area contributed by atoms with E-state index in [-0.39, 0.29) is 0 Å².